The molecule has 2 heterocycles. The summed E-state index contributed by atoms with van der Waals surface area (Å²) in [7, 11) is -6.92. The van der Waals surface area contributed by atoms with E-state index in [1.54, 1.807) is 13.8 Å². The number of rotatable bonds is 14. The maximum absolute atomic E-state index is 12.1. The number of carbonyl (C=O) groups is 5. The Morgan fingerprint density at radius 2 is 1.12 bits per heavy atom. The van der Waals surface area contributed by atoms with E-state index in [2.05, 4.69) is 40.2 Å². The van der Waals surface area contributed by atoms with Gasteiger partial charge in [-0.25, -0.2) is 24.0 Å². The van der Waals surface area contributed by atoms with Crippen LogP contribution < -0.4 is 0 Å². The van der Waals surface area contributed by atoms with E-state index in [9.17, 15) is 45.9 Å². The Labute approximate surface area is 447 Å². The van der Waals surface area contributed by atoms with Crippen molar-refractivity contribution in [3.63, 3.8) is 0 Å². The smallest absolute Gasteiger partial charge is 0.333 e. The van der Waals surface area contributed by atoms with Gasteiger partial charge in [-0.3, -0.25) is 8.37 Å². The van der Waals surface area contributed by atoms with Crippen LogP contribution in [0.2, 0.25) is 0 Å². The minimum Gasteiger partial charge on any atom is -0.460 e. The molecule has 0 amide bonds. The number of esters is 5. The minimum atomic E-state index is -3.49. The second-order valence-electron chi connectivity index (χ2n) is 25.0. The fourth-order valence-electron chi connectivity index (χ4n) is 16.9. The molecule has 1 N–H and O–H groups in total. The molecule has 14 fully saturated rings. The zero-order valence-corrected chi connectivity index (χ0v) is 46.3. The van der Waals surface area contributed by atoms with Crippen molar-refractivity contribution in [3.8, 4) is 0 Å². The van der Waals surface area contributed by atoms with Gasteiger partial charge in [0.05, 0.1) is 22.2 Å². The number of aliphatic hydroxyl groups is 1. The molecule has 12 saturated carbocycles. The third kappa shape index (κ3) is 11.0. The van der Waals surface area contributed by atoms with Crippen molar-refractivity contribution in [3.05, 3.63) is 49.1 Å². The van der Waals surface area contributed by atoms with Gasteiger partial charge in [0.15, 0.2) is 0 Å². The SMILES string of the molecule is C=C(C)C(=O)OC1(C(C)C)C2CC3CC(C2)CC1C3.C=C(C)C(=O)OC1C2CC3C1OS(=O)(=O)C3C2.C=C(C)C(=O)OCCOC(=O)COC1C2CC3C1OS(=O)(=O)C3C2.C=CC(=O)OC12CC3CC(CC(O)(C3)C1)C2. The highest BCUT2D eigenvalue weighted by Gasteiger charge is 2.67. The van der Waals surface area contributed by atoms with Gasteiger partial charge in [0.1, 0.15) is 49.3 Å². The van der Waals surface area contributed by atoms with Crippen LogP contribution in [0.3, 0.4) is 0 Å². The topological polar surface area (TPSA) is 248 Å². The molecular formula is C56H78O18S2. The van der Waals surface area contributed by atoms with Gasteiger partial charge < -0.3 is 33.5 Å². The van der Waals surface area contributed by atoms with Crippen LogP contribution in [0.4, 0.5) is 0 Å². The molecule has 12 unspecified atom stereocenters. The summed E-state index contributed by atoms with van der Waals surface area (Å²) in [6.45, 7) is 23.0. The Balaban J connectivity index is 0.000000125. The molecule has 0 aromatic heterocycles. The van der Waals surface area contributed by atoms with Gasteiger partial charge in [0, 0.05) is 47.0 Å². The summed E-state index contributed by atoms with van der Waals surface area (Å²) in [4.78, 5) is 57.8. The summed E-state index contributed by atoms with van der Waals surface area (Å²) in [5, 5.41) is 9.64. The Kier molecular flexibility index (Phi) is 15.9. The van der Waals surface area contributed by atoms with E-state index < -0.39 is 73.4 Å². The van der Waals surface area contributed by atoms with Crippen LogP contribution in [0.5, 0.6) is 0 Å². The van der Waals surface area contributed by atoms with E-state index in [1.165, 1.54) is 51.5 Å². The fraction of sp³-hybridized carbons (Fsp3) is 0.768. The summed E-state index contributed by atoms with van der Waals surface area (Å²) in [6, 6.07) is 0. The summed E-state index contributed by atoms with van der Waals surface area (Å²) in [5.41, 5.74) is -0.0243. The molecule has 18 nitrogen and oxygen atoms in total. The monoisotopic (exact) mass is 1100 g/mol. The summed E-state index contributed by atoms with van der Waals surface area (Å²) in [5.74, 6) is 2.56. The highest BCUT2D eigenvalue weighted by atomic mass is 32.2. The van der Waals surface area contributed by atoms with Crippen LogP contribution >= 0.6 is 0 Å². The number of carbonyl (C=O) groups excluding carboxylic acids is 5. The molecule has 2 saturated heterocycles. The number of fused-ring (bicyclic) bond motifs is 2. The first-order chi connectivity index (χ1) is 35.6. The number of hydrogen-bond donors (Lipinski definition) is 1. The third-order valence-corrected chi connectivity index (χ3v) is 22.7. The molecule has 0 aromatic carbocycles. The summed E-state index contributed by atoms with van der Waals surface area (Å²) < 4.78 is 89.4. The molecule has 14 aliphatic rings. The van der Waals surface area contributed by atoms with Crippen LogP contribution in [0.1, 0.15) is 131 Å². The first-order valence-corrected chi connectivity index (χ1v) is 30.4. The average Bonchev–Trinajstić information content (AvgIpc) is 4.15. The van der Waals surface area contributed by atoms with Crippen molar-refractivity contribution >= 4 is 50.1 Å². The van der Waals surface area contributed by atoms with E-state index in [0.29, 0.717) is 60.0 Å². The van der Waals surface area contributed by atoms with Gasteiger partial charge in [0.2, 0.25) is 0 Å². The van der Waals surface area contributed by atoms with E-state index in [4.69, 9.17) is 36.8 Å². The lowest BCUT2D eigenvalue weighted by Crippen LogP contribution is -2.62. The Hall–Kier alpha value is -3.95. The van der Waals surface area contributed by atoms with Gasteiger partial charge in [-0.05, 0) is 158 Å². The van der Waals surface area contributed by atoms with Crippen molar-refractivity contribution in [2.75, 3.05) is 19.8 Å². The molecule has 14 rings (SSSR count). The fourth-order valence-corrected chi connectivity index (χ4v) is 20.7. The first kappa shape index (κ1) is 56.8. The van der Waals surface area contributed by atoms with Gasteiger partial charge in [-0.2, -0.15) is 16.8 Å². The average molecular weight is 1100 g/mol. The Morgan fingerprint density at radius 1 is 0.632 bits per heavy atom. The van der Waals surface area contributed by atoms with Gasteiger partial charge in [-0.15, -0.1) is 0 Å². The third-order valence-electron chi connectivity index (χ3n) is 19.1. The second kappa shape index (κ2) is 21.3. The maximum Gasteiger partial charge on any atom is 0.333 e. The van der Waals surface area contributed by atoms with Crippen molar-refractivity contribution in [2.45, 2.75) is 183 Å². The normalized spacial score (nSPS) is 42.3. The van der Waals surface area contributed by atoms with E-state index in [-0.39, 0.29) is 77.5 Å². The largest absolute Gasteiger partial charge is 0.460 e. The van der Waals surface area contributed by atoms with Gasteiger partial charge in [0.25, 0.3) is 20.2 Å². The molecular weight excluding hydrogens is 1020 g/mol. The molecule has 20 heteroatoms. The lowest BCUT2D eigenvalue weighted by atomic mass is 9.47. The zero-order valence-electron chi connectivity index (χ0n) is 44.7. The summed E-state index contributed by atoms with van der Waals surface area (Å²) >= 11 is 0. The number of hydrogen-bond acceptors (Lipinski definition) is 18. The van der Waals surface area contributed by atoms with Crippen LogP contribution in [0.25, 0.3) is 0 Å². The van der Waals surface area contributed by atoms with Gasteiger partial charge >= 0.3 is 29.8 Å². The van der Waals surface area contributed by atoms with Crippen LogP contribution in [-0.4, -0.2) is 123 Å². The van der Waals surface area contributed by atoms with E-state index in [0.717, 1.165) is 50.4 Å². The highest BCUT2D eigenvalue weighted by Crippen LogP contribution is 2.63. The first-order valence-electron chi connectivity index (χ1n) is 27.4. The molecule has 0 radical (unpaired) electrons. The van der Waals surface area contributed by atoms with E-state index >= 15 is 0 Å². The minimum absolute atomic E-state index is 0.00733. The lowest BCUT2D eigenvalue weighted by Gasteiger charge is -2.61. The van der Waals surface area contributed by atoms with Crippen molar-refractivity contribution in [1.29, 1.82) is 0 Å². The van der Waals surface area contributed by atoms with Crippen molar-refractivity contribution < 1.29 is 82.7 Å². The quantitative estimate of drug-likeness (QED) is 0.0638. The van der Waals surface area contributed by atoms with Crippen molar-refractivity contribution in [2.24, 2.45) is 65.1 Å². The molecule has 12 aliphatic carbocycles. The Morgan fingerprint density at radius 3 is 1.61 bits per heavy atom. The summed E-state index contributed by atoms with van der Waals surface area (Å²) in [6.07, 6.45) is 14.1. The standard InChI is InChI=1S/C17H26O2.C15H20O8S.C13H18O3.C11H14O5S/c1-10(2)16(18)19-17(11(3)4)14-6-12-5-13(8-14)9-15(17)7-12;1-8(2)15(17)21-4-3-20-12(16)7-22-13-9-5-10-11(6-9)24(18,19)23-14(10)13;1-2-11(14)16-13-6-9-3-10(7-13)5-12(15,4-9)8-13;1-5(2)11(12)15-9-6-3-7-8(4-6)17(13,14)16-10(7)9/h11-15H,1,5-9H2,2-4H3;9-11,13-14H,1,3-7H2,2H3;2,9-10,15H,1,3-8H2;6-10H,1,3-4H2,2H3. The predicted octanol–water partition coefficient (Wildman–Crippen LogP) is 6.54. The molecule has 2 aliphatic heterocycles. The Bertz CT molecular complexity index is 2560. The molecule has 422 valence electrons. The zero-order chi connectivity index (χ0) is 55.0. The highest BCUT2D eigenvalue weighted by molar-refractivity contribution is 7.88. The van der Waals surface area contributed by atoms with E-state index in [1.807, 2.05) is 0 Å². The van der Waals surface area contributed by atoms with Crippen LogP contribution in [-0.2, 0) is 81.0 Å². The van der Waals surface area contributed by atoms with Crippen LogP contribution in [0.15, 0.2) is 49.1 Å². The van der Waals surface area contributed by atoms with Gasteiger partial charge in [-0.1, -0.05) is 40.2 Å². The lowest BCUT2D eigenvalue weighted by molar-refractivity contribution is -0.221. The van der Waals surface area contributed by atoms with Crippen LogP contribution in [0, 0.1) is 65.1 Å². The predicted molar refractivity (Wildman–Crippen MR) is 273 cm³/mol. The molecule has 76 heavy (non-hydrogen) atoms. The van der Waals surface area contributed by atoms with Crippen molar-refractivity contribution in [1.82, 2.24) is 0 Å². The molecule has 12 bridgehead atoms. The molecule has 12 atom stereocenters. The molecule has 0 spiro atoms. The maximum atomic E-state index is 12.1. The molecule has 0 aromatic rings. The number of ether oxygens (including phenoxy) is 6. The second-order valence-corrected chi connectivity index (χ2v) is 28.6.